The van der Waals surface area contributed by atoms with E-state index in [-0.39, 0.29) is 6.10 Å². The number of anilines is 5. The second-order valence-corrected chi connectivity index (χ2v) is 8.23. The molecule has 0 atom stereocenters. The standard InChI is InChI=1S/C25H28N7O/c1-18(2)33-23-7-5-4-6-22(23)29-24-19(16-26)17-27-25(30-24)28-20-8-10-21(11-9-20)32-14-12-31(3)13-15-32/h4-8,10-11,17-18H,12-15H2,1-3H3,(H2,27,28,29,30). The summed E-state index contributed by atoms with van der Waals surface area (Å²) >= 11 is 0. The molecule has 0 aliphatic carbocycles. The lowest BCUT2D eigenvalue weighted by molar-refractivity contribution is 0.244. The van der Waals surface area contributed by atoms with Crippen molar-refractivity contribution in [3.8, 4) is 11.8 Å². The number of hydrogen-bond acceptors (Lipinski definition) is 8. The number of rotatable bonds is 7. The van der Waals surface area contributed by atoms with Crippen molar-refractivity contribution in [3.05, 3.63) is 60.3 Å². The maximum absolute atomic E-state index is 9.53. The van der Waals surface area contributed by atoms with Gasteiger partial charge in [0.1, 0.15) is 17.4 Å². The van der Waals surface area contributed by atoms with E-state index in [1.54, 1.807) is 0 Å². The molecule has 1 fully saturated rings. The van der Waals surface area contributed by atoms with Crippen molar-refractivity contribution in [2.45, 2.75) is 20.0 Å². The summed E-state index contributed by atoms with van der Waals surface area (Å²) in [4.78, 5) is 13.5. The van der Waals surface area contributed by atoms with Crippen molar-refractivity contribution in [3.63, 3.8) is 0 Å². The van der Waals surface area contributed by atoms with Crippen LogP contribution in [0.1, 0.15) is 19.4 Å². The Kier molecular flexibility index (Phi) is 6.91. The quantitative estimate of drug-likeness (QED) is 0.563. The number of likely N-dealkylation sites (N-methyl/N-ethyl adjacent to an activating group) is 1. The number of nitrogens with zero attached hydrogens (tertiary/aromatic N) is 5. The molecule has 1 aliphatic rings. The van der Waals surface area contributed by atoms with Gasteiger partial charge in [-0.3, -0.25) is 0 Å². The summed E-state index contributed by atoms with van der Waals surface area (Å²) in [5.74, 6) is 1.48. The van der Waals surface area contributed by atoms with Crippen LogP contribution >= 0.6 is 0 Å². The Morgan fingerprint density at radius 2 is 1.88 bits per heavy atom. The van der Waals surface area contributed by atoms with Crippen LogP contribution in [0.4, 0.5) is 28.8 Å². The highest BCUT2D eigenvalue weighted by Gasteiger charge is 2.15. The number of aromatic nitrogens is 2. The van der Waals surface area contributed by atoms with Gasteiger partial charge in [-0.15, -0.1) is 0 Å². The molecule has 0 amide bonds. The molecule has 33 heavy (non-hydrogen) atoms. The fraction of sp³-hybridized carbons (Fsp3) is 0.320. The van der Waals surface area contributed by atoms with Crippen LogP contribution in [-0.2, 0) is 0 Å². The molecular weight excluding hydrogens is 414 g/mol. The first-order valence-electron chi connectivity index (χ1n) is 11.0. The number of nitriles is 1. The number of piperazine rings is 1. The Morgan fingerprint density at radius 3 is 2.58 bits per heavy atom. The molecule has 169 valence electrons. The number of benzene rings is 2. The Labute approximate surface area is 194 Å². The molecule has 2 heterocycles. The summed E-state index contributed by atoms with van der Waals surface area (Å²) in [6, 6.07) is 19.0. The summed E-state index contributed by atoms with van der Waals surface area (Å²) in [7, 11) is 2.15. The summed E-state index contributed by atoms with van der Waals surface area (Å²) in [6.07, 6.45) is 1.53. The Morgan fingerprint density at radius 1 is 1.09 bits per heavy atom. The number of nitrogens with one attached hydrogen (secondary N) is 2. The first-order valence-corrected chi connectivity index (χ1v) is 11.0. The third-order valence-corrected chi connectivity index (χ3v) is 5.32. The van der Waals surface area contributed by atoms with Crippen molar-refractivity contribution in [2.75, 3.05) is 48.8 Å². The summed E-state index contributed by atoms with van der Waals surface area (Å²) in [5.41, 5.74) is 2.98. The van der Waals surface area contributed by atoms with Gasteiger partial charge in [0.05, 0.1) is 18.0 Å². The molecule has 1 saturated heterocycles. The van der Waals surface area contributed by atoms with Crippen LogP contribution in [0.3, 0.4) is 0 Å². The molecule has 4 rings (SSSR count). The topological polar surface area (TPSA) is 89.3 Å². The van der Waals surface area contributed by atoms with Crippen LogP contribution < -0.4 is 20.3 Å². The van der Waals surface area contributed by atoms with Gasteiger partial charge in [-0.05, 0) is 51.2 Å². The molecule has 8 nitrogen and oxygen atoms in total. The predicted octanol–water partition coefficient (Wildman–Crippen LogP) is 4.17. The van der Waals surface area contributed by atoms with Gasteiger partial charge < -0.3 is 25.2 Å². The van der Waals surface area contributed by atoms with Crippen molar-refractivity contribution in [2.24, 2.45) is 0 Å². The lowest BCUT2D eigenvalue weighted by Gasteiger charge is -2.34. The predicted molar refractivity (Wildman–Crippen MR) is 131 cm³/mol. The van der Waals surface area contributed by atoms with Crippen LogP contribution in [-0.4, -0.2) is 54.2 Å². The van der Waals surface area contributed by atoms with E-state index in [0.717, 1.165) is 43.2 Å². The molecule has 1 aliphatic heterocycles. The SMILES string of the molecule is CC(C)Oc1ccccc1Nc1nc(Nc2[c]cc(N3CCN(C)CC3)cc2)ncc1C#N. The second-order valence-electron chi connectivity index (χ2n) is 8.23. The van der Waals surface area contributed by atoms with Crippen LogP contribution in [0.2, 0.25) is 0 Å². The lowest BCUT2D eigenvalue weighted by Crippen LogP contribution is -2.44. The number of ether oxygens (including phenoxy) is 1. The van der Waals surface area contributed by atoms with E-state index in [1.807, 2.05) is 50.2 Å². The van der Waals surface area contributed by atoms with Gasteiger partial charge in [0.15, 0.2) is 5.82 Å². The van der Waals surface area contributed by atoms with Gasteiger partial charge >= 0.3 is 0 Å². The molecular formula is C25H28N7O. The van der Waals surface area contributed by atoms with Crippen LogP contribution in [0.25, 0.3) is 0 Å². The van der Waals surface area contributed by atoms with Crippen LogP contribution in [0.5, 0.6) is 5.75 Å². The minimum atomic E-state index is 0.0235. The average molecular weight is 443 g/mol. The molecule has 2 aromatic carbocycles. The van der Waals surface area contributed by atoms with E-state index in [4.69, 9.17) is 4.74 Å². The van der Waals surface area contributed by atoms with E-state index in [2.05, 4.69) is 55.7 Å². The second kappa shape index (κ2) is 10.2. The molecule has 1 aromatic heterocycles. The highest BCUT2D eigenvalue weighted by atomic mass is 16.5. The Bertz CT molecular complexity index is 1120. The zero-order valence-electron chi connectivity index (χ0n) is 19.2. The van der Waals surface area contributed by atoms with E-state index >= 15 is 0 Å². The summed E-state index contributed by atoms with van der Waals surface area (Å²) in [6.45, 7) is 8.06. The third kappa shape index (κ3) is 5.70. The largest absolute Gasteiger partial charge is 0.489 e. The maximum atomic E-state index is 9.53. The maximum Gasteiger partial charge on any atom is 0.229 e. The van der Waals surface area contributed by atoms with Gasteiger partial charge in [0.25, 0.3) is 0 Å². The highest BCUT2D eigenvalue weighted by molar-refractivity contribution is 5.69. The minimum Gasteiger partial charge on any atom is -0.489 e. The van der Waals surface area contributed by atoms with Gasteiger partial charge in [-0.25, -0.2) is 4.98 Å². The van der Waals surface area contributed by atoms with Gasteiger partial charge in [-0.2, -0.15) is 10.2 Å². The fourth-order valence-electron chi connectivity index (χ4n) is 3.55. The molecule has 0 bridgehead atoms. The number of para-hydroxylation sites is 2. The normalized spacial score (nSPS) is 14.1. The van der Waals surface area contributed by atoms with E-state index in [9.17, 15) is 5.26 Å². The fourth-order valence-corrected chi connectivity index (χ4v) is 3.55. The van der Waals surface area contributed by atoms with Gasteiger partial charge in [-0.1, -0.05) is 12.1 Å². The van der Waals surface area contributed by atoms with Crippen molar-refractivity contribution in [1.29, 1.82) is 5.26 Å². The summed E-state index contributed by atoms with van der Waals surface area (Å²) in [5, 5.41) is 15.9. The molecule has 2 N–H and O–H groups in total. The molecule has 1 radical (unpaired) electrons. The smallest absolute Gasteiger partial charge is 0.229 e. The zero-order valence-corrected chi connectivity index (χ0v) is 19.2. The average Bonchev–Trinajstić information content (AvgIpc) is 2.81. The van der Waals surface area contributed by atoms with Crippen molar-refractivity contribution in [1.82, 2.24) is 14.9 Å². The Balaban J connectivity index is 1.50. The van der Waals surface area contributed by atoms with E-state index in [1.165, 1.54) is 6.20 Å². The molecule has 0 spiro atoms. The molecule has 0 saturated carbocycles. The first-order chi connectivity index (χ1) is 16.0. The van der Waals surface area contributed by atoms with Crippen molar-refractivity contribution >= 4 is 28.8 Å². The van der Waals surface area contributed by atoms with Crippen molar-refractivity contribution < 1.29 is 4.74 Å². The van der Waals surface area contributed by atoms with Gasteiger partial charge in [0.2, 0.25) is 5.95 Å². The van der Waals surface area contributed by atoms with E-state index < -0.39 is 0 Å². The lowest BCUT2D eigenvalue weighted by atomic mass is 10.2. The number of hydrogen-bond donors (Lipinski definition) is 2. The Hall–Kier alpha value is -3.83. The molecule has 3 aromatic rings. The summed E-state index contributed by atoms with van der Waals surface area (Å²) < 4.78 is 5.87. The highest BCUT2D eigenvalue weighted by Crippen LogP contribution is 2.29. The molecule has 8 heteroatoms. The zero-order chi connectivity index (χ0) is 23.2. The molecule has 0 unspecified atom stereocenters. The first kappa shape index (κ1) is 22.4. The van der Waals surface area contributed by atoms with Crippen LogP contribution in [0, 0.1) is 17.4 Å². The third-order valence-electron chi connectivity index (χ3n) is 5.32. The van der Waals surface area contributed by atoms with Gasteiger partial charge in [0, 0.05) is 43.6 Å². The van der Waals surface area contributed by atoms with Crippen LogP contribution in [0.15, 0.2) is 48.7 Å². The minimum absolute atomic E-state index is 0.0235. The monoisotopic (exact) mass is 442 g/mol. The van der Waals surface area contributed by atoms with E-state index in [0.29, 0.717) is 23.1 Å².